The fourth-order valence-electron chi connectivity index (χ4n) is 2.31. The van der Waals surface area contributed by atoms with Crippen molar-refractivity contribution in [3.8, 4) is 6.07 Å². The Bertz CT molecular complexity index is 444. The van der Waals surface area contributed by atoms with Crippen molar-refractivity contribution in [2.24, 2.45) is 5.92 Å². The van der Waals surface area contributed by atoms with Gasteiger partial charge in [0, 0.05) is 18.8 Å². The topological polar surface area (TPSA) is 65.9 Å². The summed E-state index contributed by atoms with van der Waals surface area (Å²) in [6, 6.07) is 4.21. The normalized spacial score (nSPS) is 10.8. The fraction of sp³-hybridized carbons (Fsp3) is 0.600. The van der Waals surface area contributed by atoms with Crippen LogP contribution in [-0.4, -0.2) is 17.6 Å². The zero-order valence-corrected chi connectivity index (χ0v) is 12.3. The van der Waals surface area contributed by atoms with E-state index >= 15 is 0 Å². The van der Waals surface area contributed by atoms with E-state index in [0.29, 0.717) is 23.2 Å². The van der Waals surface area contributed by atoms with Crippen LogP contribution in [0.2, 0.25) is 0 Å². The molecule has 104 valence electrons. The summed E-state index contributed by atoms with van der Waals surface area (Å²) in [4.78, 5) is 6.68. The van der Waals surface area contributed by atoms with Gasteiger partial charge in [0.2, 0.25) is 0 Å². The van der Waals surface area contributed by atoms with Crippen LogP contribution in [0, 0.1) is 17.2 Å². The lowest BCUT2D eigenvalue weighted by Gasteiger charge is -2.33. The van der Waals surface area contributed by atoms with Crippen molar-refractivity contribution < 1.29 is 0 Å². The van der Waals surface area contributed by atoms with E-state index < -0.39 is 0 Å². The number of nitrogens with two attached hydrogens (primary N) is 1. The summed E-state index contributed by atoms with van der Waals surface area (Å²) in [5.41, 5.74) is 7.16. The van der Waals surface area contributed by atoms with Crippen molar-refractivity contribution in [2.75, 3.05) is 17.2 Å². The number of anilines is 2. The molecule has 0 aliphatic heterocycles. The number of nitrogens with zero attached hydrogens (tertiary/aromatic N) is 3. The molecule has 0 fully saturated rings. The molecule has 0 radical (unpaired) electrons. The molecule has 4 heteroatoms. The minimum atomic E-state index is 0.435. The first-order valence-electron chi connectivity index (χ1n) is 6.95. The highest BCUT2D eigenvalue weighted by Crippen LogP contribution is 2.26. The summed E-state index contributed by atoms with van der Waals surface area (Å²) in [6.45, 7) is 9.67. The van der Waals surface area contributed by atoms with Crippen molar-refractivity contribution in [3.05, 3.63) is 17.8 Å². The lowest BCUT2D eigenvalue weighted by Crippen LogP contribution is -2.38. The van der Waals surface area contributed by atoms with E-state index in [1.165, 1.54) is 0 Å². The third kappa shape index (κ3) is 3.85. The average molecular weight is 260 g/mol. The van der Waals surface area contributed by atoms with Gasteiger partial charge in [-0.3, -0.25) is 0 Å². The number of nitrogen functional groups attached to an aromatic ring is 1. The van der Waals surface area contributed by atoms with Crippen LogP contribution in [0.15, 0.2) is 12.3 Å². The third-order valence-corrected chi connectivity index (χ3v) is 3.24. The quantitative estimate of drug-likeness (QED) is 0.853. The molecule has 0 aliphatic carbocycles. The minimum Gasteiger partial charge on any atom is -0.396 e. The molecule has 1 rings (SSSR count). The Labute approximate surface area is 116 Å². The molecule has 0 unspecified atom stereocenters. The first-order valence-corrected chi connectivity index (χ1v) is 6.95. The monoisotopic (exact) mass is 260 g/mol. The number of nitriles is 1. The number of hydrogen-bond acceptors (Lipinski definition) is 4. The Morgan fingerprint density at radius 3 is 2.42 bits per heavy atom. The molecule has 0 aliphatic rings. The molecule has 19 heavy (non-hydrogen) atoms. The van der Waals surface area contributed by atoms with Crippen LogP contribution >= 0.6 is 0 Å². The van der Waals surface area contributed by atoms with E-state index in [9.17, 15) is 0 Å². The largest absolute Gasteiger partial charge is 0.396 e. The summed E-state index contributed by atoms with van der Waals surface area (Å²) >= 11 is 0. The molecule has 0 saturated heterocycles. The molecule has 0 atom stereocenters. The Hall–Kier alpha value is -1.76. The van der Waals surface area contributed by atoms with Crippen LogP contribution in [0.5, 0.6) is 0 Å². The Balaban J connectivity index is 3.13. The Morgan fingerprint density at radius 1 is 1.37 bits per heavy atom. The molecule has 0 saturated carbocycles. The highest BCUT2D eigenvalue weighted by Gasteiger charge is 2.20. The van der Waals surface area contributed by atoms with Crippen LogP contribution < -0.4 is 10.6 Å². The lowest BCUT2D eigenvalue weighted by atomic mass is 10.1. The van der Waals surface area contributed by atoms with E-state index in [1.807, 2.05) is 0 Å². The van der Waals surface area contributed by atoms with Crippen LogP contribution in [0.1, 0.15) is 46.1 Å². The first-order chi connectivity index (χ1) is 9.03. The van der Waals surface area contributed by atoms with E-state index in [0.717, 1.165) is 25.2 Å². The van der Waals surface area contributed by atoms with Crippen molar-refractivity contribution in [1.82, 2.24) is 4.98 Å². The number of pyridine rings is 1. The standard InChI is InChI=1S/C15H24N4/c1-5-13(6-2)19(10-11(3)4)15-14(17)7-12(8-16)9-18-15/h7,9,11,13H,5-6,10,17H2,1-4H3. The summed E-state index contributed by atoms with van der Waals surface area (Å²) in [7, 11) is 0. The highest BCUT2D eigenvalue weighted by atomic mass is 15.2. The van der Waals surface area contributed by atoms with Crippen molar-refractivity contribution in [3.63, 3.8) is 0 Å². The predicted octanol–water partition coefficient (Wildman–Crippen LogP) is 3.19. The minimum absolute atomic E-state index is 0.435. The first kappa shape index (κ1) is 15.3. The molecular weight excluding hydrogens is 236 g/mol. The Kier molecular flexibility index (Phi) is 5.62. The van der Waals surface area contributed by atoms with Crippen LogP contribution in [-0.2, 0) is 0 Å². The molecule has 0 amide bonds. The molecular formula is C15H24N4. The summed E-state index contributed by atoms with van der Waals surface area (Å²) < 4.78 is 0. The van der Waals surface area contributed by atoms with Gasteiger partial charge in [-0.1, -0.05) is 27.7 Å². The summed E-state index contributed by atoms with van der Waals surface area (Å²) in [5.74, 6) is 1.35. The van der Waals surface area contributed by atoms with E-state index in [-0.39, 0.29) is 0 Å². The Morgan fingerprint density at radius 2 is 2.00 bits per heavy atom. The molecule has 2 N–H and O–H groups in total. The second-order valence-electron chi connectivity index (χ2n) is 5.27. The maximum absolute atomic E-state index is 8.88. The maximum Gasteiger partial charge on any atom is 0.152 e. The van der Waals surface area contributed by atoms with Gasteiger partial charge in [0.15, 0.2) is 5.82 Å². The van der Waals surface area contributed by atoms with Gasteiger partial charge in [-0.05, 0) is 24.8 Å². The SMILES string of the molecule is CCC(CC)N(CC(C)C)c1ncc(C#N)cc1N. The number of aromatic nitrogens is 1. The van der Waals surface area contributed by atoms with Gasteiger partial charge in [-0.15, -0.1) is 0 Å². The molecule has 0 bridgehead atoms. The van der Waals surface area contributed by atoms with Gasteiger partial charge in [0.25, 0.3) is 0 Å². The lowest BCUT2D eigenvalue weighted by molar-refractivity contribution is 0.504. The van der Waals surface area contributed by atoms with Gasteiger partial charge in [0.1, 0.15) is 6.07 Å². The predicted molar refractivity (Wildman–Crippen MR) is 79.9 cm³/mol. The highest BCUT2D eigenvalue weighted by molar-refractivity contribution is 5.65. The average Bonchev–Trinajstić information content (AvgIpc) is 2.38. The smallest absolute Gasteiger partial charge is 0.152 e. The van der Waals surface area contributed by atoms with Crippen LogP contribution in [0.4, 0.5) is 11.5 Å². The number of hydrogen-bond donors (Lipinski definition) is 1. The fourth-order valence-corrected chi connectivity index (χ4v) is 2.31. The number of rotatable bonds is 6. The van der Waals surface area contributed by atoms with Crippen molar-refractivity contribution in [2.45, 2.75) is 46.6 Å². The molecule has 1 heterocycles. The van der Waals surface area contributed by atoms with Gasteiger partial charge < -0.3 is 10.6 Å². The zero-order chi connectivity index (χ0) is 14.4. The maximum atomic E-state index is 8.88. The van der Waals surface area contributed by atoms with Crippen molar-refractivity contribution in [1.29, 1.82) is 5.26 Å². The van der Waals surface area contributed by atoms with Gasteiger partial charge in [-0.25, -0.2) is 4.98 Å². The molecule has 1 aromatic rings. The summed E-state index contributed by atoms with van der Waals surface area (Å²) in [5, 5.41) is 8.88. The second-order valence-corrected chi connectivity index (χ2v) is 5.27. The zero-order valence-electron chi connectivity index (χ0n) is 12.3. The van der Waals surface area contributed by atoms with Gasteiger partial charge in [0.05, 0.1) is 11.3 Å². The molecule has 1 aromatic heterocycles. The van der Waals surface area contributed by atoms with Crippen LogP contribution in [0.3, 0.4) is 0 Å². The summed E-state index contributed by atoms with van der Waals surface area (Å²) in [6.07, 6.45) is 3.72. The van der Waals surface area contributed by atoms with Crippen LogP contribution in [0.25, 0.3) is 0 Å². The van der Waals surface area contributed by atoms with E-state index in [2.05, 4.69) is 43.6 Å². The van der Waals surface area contributed by atoms with Crippen molar-refractivity contribution >= 4 is 11.5 Å². The molecule has 0 aromatic carbocycles. The van der Waals surface area contributed by atoms with E-state index in [4.69, 9.17) is 11.0 Å². The van der Waals surface area contributed by atoms with E-state index in [1.54, 1.807) is 12.3 Å². The molecule has 0 spiro atoms. The third-order valence-electron chi connectivity index (χ3n) is 3.24. The second kappa shape index (κ2) is 6.98. The molecule has 4 nitrogen and oxygen atoms in total. The van der Waals surface area contributed by atoms with Gasteiger partial charge >= 0.3 is 0 Å². The van der Waals surface area contributed by atoms with Gasteiger partial charge in [-0.2, -0.15) is 5.26 Å².